The van der Waals surface area contributed by atoms with Crippen LogP contribution < -0.4 is 5.32 Å². The summed E-state index contributed by atoms with van der Waals surface area (Å²) in [6.45, 7) is 3.93. The van der Waals surface area contributed by atoms with Gasteiger partial charge in [0.25, 0.3) is 0 Å². The SMILES string of the molecule is CNC(Cc1c(F)cccc1Cl)c1ccc(C)nc1C. The molecular formula is C16H18ClFN2. The van der Waals surface area contributed by atoms with Crippen molar-refractivity contribution in [2.45, 2.75) is 26.3 Å². The molecular weight excluding hydrogens is 275 g/mol. The van der Waals surface area contributed by atoms with Gasteiger partial charge in [-0.05, 0) is 51.1 Å². The van der Waals surface area contributed by atoms with E-state index in [1.807, 2.05) is 33.0 Å². The fourth-order valence-electron chi connectivity index (χ4n) is 2.36. The standard InChI is InChI=1S/C16H18ClFN2/c1-10-7-8-12(11(2)20-10)16(19-3)9-13-14(17)5-4-6-15(13)18/h4-8,16,19H,9H2,1-3H3. The molecule has 1 N–H and O–H groups in total. The number of aryl methyl sites for hydroxylation is 2. The Hall–Kier alpha value is -1.45. The number of nitrogens with one attached hydrogen (secondary N) is 1. The molecule has 106 valence electrons. The van der Waals surface area contributed by atoms with E-state index < -0.39 is 0 Å². The number of nitrogens with zero attached hydrogens (tertiary/aromatic N) is 1. The van der Waals surface area contributed by atoms with Crippen molar-refractivity contribution in [2.24, 2.45) is 0 Å². The van der Waals surface area contributed by atoms with Gasteiger partial charge in [-0.3, -0.25) is 4.98 Å². The molecule has 0 fully saturated rings. The third kappa shape index (κ3) is 3.17. The van der Waals surface area contributed by atoms with Gasteiger partial charge >= 0.3 is 0 Å². The van der Waals surface area contributed by atoms with E-state index in [1.165, 1.54) is 6.07 Å². The fraction of sp³-hybridized carbons (Fsp3) is 0.312. The zero-order chi connectivity index (χ0) is 14.7. The summed E-state index contributed by atoms with van der Waals surface area (Å²) in [5.74, 6) is -0.268. The van der Waals surface area contributed by atoms with Gasteiger partial charge < -0.3 is 5.32 Å². The van der Waals surface area contributed by atoms with Crippen LogP contribution in [0, 0.1) is 19.7 Å². The van der Waals surface area contributed by atoms with Crippen LogP contribution in [0.4, 0.5) is 4.39 Å². The Morgan fingerprint density at radius 1 is 1.25 bits per heavy atom. The van der Waals surface area contributed by atoms with E-state index in [1.54, 1.807) is 12.1 Å². The molecule has 1 atom stereocenters. The van der Waals surface area contributed by atoms with Crippen molar-refractivity contribution >= 4 is 11.6 Å². The summed E-state index contributed by atoms with van der Waals surface area (Å²) in [7, 11) is 1.86. The highest BCUT2D eigenvalue weighted by atomic mass is 35.5. The van der Waals surface area contributed by atoms with E-state index in [2.05, 4.69) is 10.3 Å². The predicted octanol–water partition coefficient (Wildman–Crippen LogP) is 3.99. The first kappa shape index (κ1) is 14.9. The number of aromatic nitrogens is 1. The molecule has 0 saturated carbocycles. The lowest BCUT2D eigenvalue weighted by Crippen LogP contribution is -2.21. The minimum absolute atomic E-state index is 0.0162. The molecule has 2 nitrogen and oxygen atoms in total. The van der Waals surface area contributed by atoms with Crippen molar-refractivity contribution in [1.82, 2.24) is 10.3 Å². The average Bonchev–Trinajstić information content (AvgIpc) is 2.40. The van der Waals surface area contributed by atoms with Crippen LogP contribution in [0.2, 0.25) is 5.02 Å². The van der Waals surface area contributed by atoms with Gasteiger partial charge in [-0.1, -0.05) is 23.7 Å². The lowest BCUT2D eigenvalue weighted by molar-refractivity contribution is 0.551. The molecule has 1 aromatic carbocycles. The van der Waals surface area contributed by atoms with Gasteiger partial charge in [-0.25, -0.2) is 4.39 Å². The largest absolute Gasteiger partial charge is 0.313 e. The van der Waals surface area contributed by atoms with Gasteiger partial charge in [0.2, 0.25) is 0 Å². The number of benzene rings is 1. The van der Waals surface area contributed by atoms with E-state index >= 15 is 0 Å². The molecule has 0 radical (unpaired) electrons. The third-order valence-corrected chi connectivity index (χ3v) is 3.81. The van der Waals surface area contributed by atoms with Crippen LogP contribution in [0.5, 0.6) is 0 Å². The quantitative estimate of drug-likeness (QED) is 0.921. The summed E-state index contributed by atoms with van der Waals surface area (Å²) >= 11 is 6.10. The second-order valence-electron chi connectivity index (χ2n) is 4.87. The van der Waals surface area contributed by atoms with E-state index in [-0.39, 0.29) is 11.9 Å². The molecule has 4 heteroatoms. The van der Waals surface area contributed by atoms with Gasteiger partial charge in [0.15, 0.2) is 0 Å². The smallest absolute Gasteiger partial charge is 0.127 e. The van der Waals surface area contributed by atoms with Crippen LogP contribution in [0.15, 0.2) is 30.3 Å². The molecule has 2 aromatic rings. The number of likely N-dealkylation sites (N-methyl/N-ethyl adjacent to an activating group) is 1. The Kier molecular flexibility index (Phi) is 4.73. The molecule has 20 heavy (non-hydrogen) atoms. The zero-order valence-electron chi connectivity index (χ0n) is 11.9. The second-order valence-corrected chi connectivity index (χ2v) is 5.28. The Balaban J connectivity index is 2.34. The topological polar surface area (TPSA) is 24.9 Å². The van der Waals surface area contributed by atoms with E-state index in [0.29, 0.717) is 17.0 Å². The van der Waals surface area contributed by atoms with Crippen molar-refractivity contribution in [3.8, 4) is 0 Å². The van der Waals surface area contributed by atoms with E-state index in [4.69, 9.17) is 11.6 Å². The first-order valence-electron chi connectivity index (χ1n) is 6.57. The Morgan fingerprint density at radius 2 is 2.00 bits per heavy atom. The first-order valence-corrected chi connectivity index (χ1v) is 6.95. The van der Waals surface area contributed by atoms with Crippen LogP contribution in [0.1, 0.15) is 28.6 Å². The predicted molar refractivity (Wildman–Crippen MR) is 80.6 cm³/mol. The maximum absolute atomic E-state index is 13.9. The number of pyridine rings is 1. The van der Waals surface area contributed by atoms with Gasteiger partial charge in [0, 0.05) is 28.0 Å². The molecule has 0 saturated heterocycles. The summed E-state index contributed by atoms with van der Waals surface area (Å²) in [4.78, 5) is 4.46. The van der Waals surface area contributed by atoms with Gasteiger partial charge in [0.1, 0.15) is 5.82 Å². The number of hydrogen-bond donors (Lipinski definition) is 1. The highest BCUT2D eigenvalue weighted by Gasteiger charge is 2.17. The summed E-state index contributed by atoms with van der Waals surface area (Å²) in [5, 5.41) is 3.68. The van der Waals surface area contributed by atoms with Crippen molar-refractivity contribution in [2.75, 3.05) is 7.05 Å². The molecule has 0 aliphatic heterocycles. The lowest BCUT2D eigenvalue weighted by atomic mass is 9.97. The minimum Gasteiger partial charge on any atom is -0.313 e. The first-order chi connectivity index (χ1) is 9.52. The molecule has 1 unspecified atom stereocenters. The fourth-order valence-corrected chi connectivity index (χ4v) is 2.60. The van der Waals surface area contributed by atoms with Gasteiger partial charge in [0.05, 0.1) is 0 Å². The summed E-state index contributed by atoms with van der Waals surface area (Å²) in [6, 6.07) is 8.76. The molecule has 1 heterocycles. The van der Waals surface area contributed by atoms with Crippen molar-refractivity contribution in [1.29, 1.82) is 0 Å². The molecule has 1 aromatic heterocycles. The van der Waals surface area contributed by atoms with Crippen molar-refractivity contribution < 1.29 is 4.39 Å². The van der Waals surface area contributed by atoms with Crippen LogP contribution in [0.3, 0.4) is 0 Å². The molecule has 0 bridgehead atoms. The Bertz CT molecular complexity index is 593. The van der Waals surface area contributed by atoms with Gasteiger partial charge in [-0.2, -0.15) is 0 Å². The van der Waals surface area contributed by atoms with Crippen molar-refractivity contribution in [3.05, 3.63) is 63.7 Å². The van der Waals surface area contributed by atoms with Crippen LogP contribution in [-0.2, 0) is 6.42 Å². The van der Waals surface area contributed by atoms with Crippen LogP contribution in [-0.4, -0.2) is 12.0 Å². The Labute approximate surface area is 124 Å². The maximum atomic E-state index is 13.9. The summed E-state index contributed by atoms with van der Waals surface area (Å²) in [6.07, 6.45) is 0.494. The number of halogens is 2. The zero-order valence-corrected chi connectivity index (χ0v) is 12.6. The number of rotatable bonds is 4. The van der Waals surface area contributed by atoms with E-state index in [9.17, 15) is 4.39 Å². The molecule has 0 spiro atoms. The maximum Gasteiger partial charge on any atom is 0.127 e. The summed E-state index contributed by atoms with van der Waals surface area (Å²) in [5.41, 5.74) is 3.53. The second kappa shape index (κ2) is 6.33. The van der Waals surface area contributed by atoms with Crippen LogP contribution >= 0.6 is 11.6 Å². The van der Waals surface area contributed by atoms with Crippen LogP contribution in [0.25, 0.3) is 0 Å². The highest BCUT2D eigenvalue weighted by molar-refractivity contribution is 6.31. The normalized spacial score (nSPS) is 12.4. The highest BCUT2D eigenvalue weighted by Crippen LogP contribution is 2.26. The third-order valence-electron chi connectivity index (χ3n) is 3.46. The number of hydrogen-bond acceptors (Lipinski definition) is 2. The molecule has 0 amide bonds. The van der Waals surface area contributed by atoms with Gasteiger partial charge in [-0.15, -0.1) is 0 Å². The van der Waals surface area contributed by atoms with Crippen molar-refractivity contribution in [3.63, 3.8) is 0 Å². The average molecular weight is 293 g/mol. The molecule has 2 rings (SSSR count). The van der Waals surface area contributed by atoms with E-state index in [0.717, 1.165) is 17.0 Å². The lowest BCUT2D eigenvalue weighted by Gasteiger charge is -2.19. The Morgan fingerprint density at radius 3 is 2.60 bits per heavy atom. The summed E-state index contributed by atoms with van der Waals surface area (Å²) < 4.78 is 13.9. The molecule has 0 aliphatic carbocycles. The monoisotopic (exact) mass is 292 g/mol. The molecule has 0 aliphatic rings. The minimum atomic E-state index is -0.268.